The summed E-state index contributed by atoms with van der Waals surface area (Å²) in [7, 11) is 0. The zero-order valence-electron chi connectivity index (χ0n) is 18.9. The van der Waals surface area contributed by atoms with E-state index in [4.69, 9.17) is 26.8 Å². The summed E-state index contributed by atoms with van der Waals surface area (Å²) >= 11 is 9.31. The summed E-state index contributed by atoms with van der Waals surface area (Å²) in [5, 5.41) is 7.13. The fourth-order valence-electron chi connectivity index (χ4n) is 2.84. The van der Waals surface area contributed by atoms with Gasteiger partial charge in [0.15, 0.2) is 18.1 Å². The third kappa shape index (κ3) is 8.03. The van der Waals surface area contributed by atoms with Gasteiger partial charge >= 0.3 is 0 Å². The molecule has 0 aliphatic heterocycles. The number of amides is 3. The van der Waals surface area contributed by atoms with Crippen LogP contribution < -0.4 is 25.9 Å². The van der Waals surface area contributed by atoms with E-state index in [1.165, 1.54) is 12.3 Å². The fourth-order valence-corrected chi connectivity index (χ4v) is 3.60. The van der Waals surface area contributed by atoms with E-state index in [0.29, 0.717) is 38.7 Å². The van der Waals surface area contributed by atoms with Crippen molar-refractivity contribution >= 4 is 51.5 Å². The molecule has 2 rings (SSSR count). The molecular formula is C23H26BrClN4O5. The first-order valence-electron chi connectivity index (χ1n) is 10.4. The highest BCUT2D eigenvalue weighted by Gasteiger charge is 2.24. The molecule has 34 heavy (non-hydrogen) atoms. The second-order valence-corrected chi connectivity index (χ2v) is 8.75. The summed E-state index contributed by atoms with van der Waals surface area (Å²) in [5.41, 5.74) is 8.53. The van der Waals surface area contributed by atoms with Crippen molar-refractivity contribution in [3.05, 3.63) is 57.0 Å². The maximum atomic E-state index is 12.7. The summed E-state index contributed by atoms with van der Waals surface area (Å²) in [5.74, 6) is -1.02. The number of ether oxygens (including phenoxy) is 2. The molecule has 1 unspecified atom stereocenters. The van der Waals surface area contributed by atoms with Crippen molar-refractivity contribution in [2.75, 3.05) is 13.2 Å². The molecule has 0 aliphatic carbocycles. The predicted octanol–water partition coefficient (Wildman–Crippen LogP) is 3.27. The number of benzene rings is 2. The first-order chi connectivity index (χ1) is 16.1. The molecule has 11 heteroatoms. The standard InChI is InChI=1S/C23H26BrClN4O5/c1-4-33-18-9-14(8-17(24)21(18)34-12-19(26)30)11-27-29-23(32)20(13(2)3)28-22(31)15-6-5-7-16(25)10-15/h5-11,13,20H,4,12H2,1-3H3,(H2,26,30)(H,28,31)(H,29,32). The van der Waals surface area contributed by atoms with Crippen molar-refractivity contribution < 1.29 is 23.9 Å². The van der Waals surface area contributed by atoms with E-state index < -0.39 is 23.8 Å². The molecule has 0 fully saturated rings. The lowest BCUT2D eigenvalue weighted by Crippen LogP contribution is -2.48. The molecule has 0 heterocycles. The summed E-state index contributed by atoms with van der Waals surface area (Å²) in [6, 6.07) is 8.94. The number of carbonyl (C=O) groups is 3. The Bertz CT molecular complexity index is 1080. The number of hydrazone groups is 1. The largest absolute Gasteiger partial charge is 0.490 e. The molecule has 0 saturated heterocycles. The van der Waals surface area contributed by atoms with Crippen LogP contribution in [0.25, 0.3) is 0 Å². The van der Waals surface area contributed by atoms with Crippen molar-refractivity contribution in [3.8, 4) is 11.5 Å². The Morgan fingerprint density at radius 1 is 1.21 bits per heavy atom. The highest BCUT2D eigenvalue weighted by Crippen LogP contribution is 2.36. The molecule has 1 atom stereocenters. The molecule has 182 valence electrons. The molecular weight excluding hydrogens is 528 g/mol. The maximum absolute atomic E-state index is 12.7. The summed E-state index contributed by atoms with van der Waals surface area (Å²) < 4.78 is 11.5. The Hall–Kier alpha value is -3.11. The number of primary amides is 1. The van der Waals surface area contributed by atoms with Gasteiger partial charge in [-0.1, -0.05) is 31.5 Å². The number of rotatable bonds is 11. The van der Waals surface area contributed by atoms with Gasteiger partial charge in [0.1, 0.15) is 6.04 Å². The lowest BCUT2D eigenvalue weighted by Gasteiger charge is -2.20. The number of halogens is 2. The monoisotopic (exact) mass is 552 g/mol. The van der Waals surface area contributed by atoms with Crippen molar-refractivity contribution in [1.29, 1.82) is 0 Å². The summed E-state index contributed by atoms with van der Waals surface area (Å²) in [6.07, 6.45) is 1.42. The molecule has 0 radical (unpaired) electrons. The second kappa shape index (κ2) is 13.0. The van der Waals surface area contributed by atoms with Crippen LogP contribution in [0, 0.1) is 5.92 Å². The first-order valence-corrected chi connectivity index (χ1v) is 11.6. The van der Waals surface area contributed by atoms with Gasteiger partial charge in [0.25, 0.3) is 17.7 Å². The van der Waals surface area contributed by atoms with E-state index in [1.54, 1.807) is 37.3 Å². The van der Waals surface area contributed by atoms with E-state index in [0.717, 1.165) is 0 Å². The van der Waals surface area contributed by atoms with Gasteiger partial charge in [0.05, 0.1) is 17.3 Å². The quantitative estimate of drug-likeness (QED) is 0.290. The van der Waals surface area contributed by atoms with Gasteiger partial charge in [0.2, 0.25) is 0 Å². The summed E-state index contributed by atoms with van der Waals surface area (Å²) in [4.78, 5) is 36.3. The smallest absolute Gasteiger partial charge is 0.262 e. The Morgan fingerprint density at radius 3 is 2.56 bits per heavy atom. The molecule has 2 aromatic rings. The van der Waals surface area contributed by atoms with Crippen molar-refractivity contribution in [3.63, 3.8) is 0 Å². The Morgan fingerprint density at radius 2 is 1.94 bits per heavy atom. The molecule has 0 aromatic heterocycles. The zero-order valence-corrected chi connectivity index (χ0v) is 21.3. The molecule has 9 nitrogen and oxygen atoms in total. The van der Waals surface area contributed by atoms with E-state index in [1.807, 2.05) is 13.8 Å². The normalized spacial score (nSPS) is 11.8. The number of nitrogens with one attached hydrogen (secondary N) is 2. The van der Waals surface area contributed by atoms with E-state index in [2.05, 4.69) is 31.8 Å². The van der Waals surface area contributed by atoms with Crippen LogP contribution in [0.5, 0.6) is 11.5 Å². The lowest BCUT2D eigenvalue weighted by molar-refractivity contribution is -0.124. The van der Waals surface area contributed by atoms with Crippen LogP contribution in [0.1, 0.15) is 36.7 Å². The van der Waals surface area contributed by atoms with Crippen molar-refractivity contribution in [2.45, 2.75) is 26.8 Å². The first kappa shape index (κ1) is 27.1. The van der Waals surface area contributed by atoms with Gasteiger partial charge in [-0.15, -0.1) is 0 Å². The Labute approximate surface area is 211 Å². The van der Waals surface area contributed by atoms with Crippen LogP contribution in [-0.4, -0.2) is 43.2 Å². The van der Waals surface area contributed by atoms with Crippen molar-refractivity contribution in [2.24, 2.45) is 16.8 Å². The van der Waals surface area contributed by atoms with Gasteiger partial charge in [-0.25, -0.2) is 5.43 Å². The fraction of sp³-hybridized carbons (Fsp3) is 0.304. The van der Waals surface area contributed by atoms with E-state index in [9.17, 15) is 14.4 Å². The molecule has 0 aliphatic rings. The Kier molecular flexibility index (Phi) is 10.3. The second-order valence-electron chi connectivity index (χ2n) is 7.46. The van der Waals surface area contributed by atoms with Gasteiger partial charge in [0, 0.05) is 10.6 Å². The van der Waals surface area contributed by atoms with Gasteiger partial charge in [-0.3, -0.25) is 14.4 Å². The van der Waals surface area contributed by atoms with Gasteiger partial charge in [-0.2, -0.15) is 5.10 Å². The predicted molar refractivity (Wildman–Crippen MR) is 133 cm³/mol. The number of hydrogen-bond donors (Lipinski definition) is 3. The highest BCUT2D eigenvalue weighted by molar-refractivity contribution is 9.10. The number of nitrogens with two attached hydrogens (primary N) is 1. The van der Waals surface area contributed by atoms with Crippen LogP contribution in [0.15, 0.2) is 46.0 Å². The van der Waals surface area contributed by atoms with E-state index in [-0.39, 0.29) is 12.5 Å². The third-order valence-electron chi connectivity index (χ3n) is 4.40. The van der Waals surface area contributed by atoms with Gasteiger partial charge in [-0.05, 0) is 64.7 Å². The zero-order chi connectivity index (χ0) is 25.3. The van der Waals surface area contributed by atoms with Crippen LogP contribution in [-0.2, 0) is 9.59 Å². The minimum atomic E-state index is -0.820. The van der Waals surface area contributed by atoms with Crippen LogP contribution in [0.3, 0.4) is 0 Å². The molecule has 2 aromatic carbocycles. The minimum absolute atomic E-state index is 0.196. The molecule has 0 bridgehead atoms. The third-order valence-corrected chi connectivity index (χ3v) is 5.23. The lowest BCUT2D eigenvalue weighted by atomic mass is 10.0. The number of hydrogen-bond acceptors (Lipinski definition) is 6. The molecule has 4 N–H and O–H groups in total. The Balaban J connectivity index is 2.11. The SMILES string of the molecule is CCOc1cc(C=NNC(=O)C(NC(=O)c2cccc(Cl)c2)C(C)C)cc(Br)c1OCC(N)=O. The average molecular weight is 554 g/mol. The van der Waals surface area contributed by atoms with Crippen molar-refractivity contribution in [1.82, 2.24) is 10.7 Å². The van der Waals surface area contributed by atoms with Gasteiger partial charge < -0.3 is 20.5 Å². The van der Waals surface area contributed by atoms with Crippen LogP contribution in [0.2, 0.25) is 5.02 Å². The molecule has 0 spiro atoms. The van der Waals surface area contributed by atoms with Crippen LogP contribution in [0.4, 0.5) is 0 Å². The molecule has 3 amide bonds. The maximum Gasteiger partial charge on any atom is 0.262 e. The molecule has 0 saturated carbocycles. The number of carbonyl (C=O) groups excluding carboxylic acids is 3. The minimum Gasteiger partial charge on any atom is -0.490 e. The topological polar surface area (TPSA) is 132 Å². The average Bonchev–Trinajstić information content (AvgIpc) is 2.76. The van der Waals surface area contributed by atoms with Crippen LogP contribution >= 0.6 is 27.5 Å². The number of nitrogens with zero attached hydrogens (tertiary/aromatic N) is 1. The highest BCUT2D eigenvalue weighted by atomic mass is 79.9. The summed E-state index contributed by atoms with van der Waals surface area (Å²) in [6.45, 7) is 5.47. The van der Waals surface area contributed by atoms with E-state index >= 15 is 0 Å².